The molecule has 0 saturated carbocycles. The van der Waals surface area contributed by atoms with E-state index in [2.05, 4.69) is 20.7 Å². The fraction of sp³-hybridized carbons (Fsp3) is 0. The van der Waals surface area contributed by atoms with E-state index in [0.717, 1.165) is 0 Å². The van der Waals surface area contributed by atoms with E-state index in [0.29, 0.717) is 4.47 Å². The summed E-state index contributed by atoms with van der Waals surface area (Å²) in [5, 5.41) is 9.30. The minimum absolute atomic E-state index is 0.0169. The molecule has 0 aliphatic heterocycles. The minimum atomic E-state index is -4.00. The van der Waals surface area contributed by atoms with Gasteiger partial charge in [0.15, 0.2) is 0 Å². The molecular formula is C12H7BrCl3NO3S. The Morgan fingerprint density at radius 1 is 1.00 bits per heavy atom. The highest BCUT2D eigenvalue weighted by Crippen LogP contribution is 2.34. The Morgan fingerprint density at radius 3 is 2.10 bits per heavy atom. The van der Waals surface area contributed by atoms with Gasteiger partial charge in [0.25, 0.3) is 10.0 Å². The summed E-state index contributed by atoms with van der Waals surface area (Å²) in [4.78, 5) is -0.238. The number of rotatable bonds is 3. The Kier molecular flexibility index (Phi) is 4.95. The van der Waals surface area contributed by atoms with Crippen LogP contribution >= 0.6 is 50.7 Å². The monoisotopic (exact) mass is 429 g/mol. The van der Waals surface area contributed by atoms with Gasteiger partial charge in [0.1, 0.15) is 10.6 Å². The van der Waals surface area contributed by atoms with Crippen LogP contribution in [0.25, 0.3) is 0 Å². The molecule has 2 N–H and O–H groups in total. The largest absolute Gasteiger partial charge is 0.506 e. The van der Waals surface area contributed by atoms with Gasteiger partial charge in [0.05, 0.1) is 20.8 Å². The van der Waals surface area contributed by atoms with Gasteiger partial charge < -0.3 is 5.11 Å². The maximum absolute atomic E-state index is 12.3. The molecule has 0 atom stereocenters. The van der Waals surface area contributed by atoms with Crippen LogP contribution in [0.5, 0.6) is 5.75 Å². The van der Waals surface area contributed by atoms with Crippen molar-refractivity contribution in [2.24, 2.45) is 0 Å². The molecular weight excluding hydrogens is 424 g/mol. The van der Waals surface area contributed by atoms with Gasteiger partial charge >= 0.3 is 0 Å². The lowest BCUT2D eigenvalue weighted by Gasteiger charge is -2.12. The molecule has 2 rings (SSSR count). The lowest BCUT2D eigenvalue weighted by atomic mass is 10.3. The third kappa shape index (κ3) is 3.76. The number of sulfonamides is 1. The lowest BCUT2D eigenvalue weighted by Crippen LogP contribution is -2.14. The average molecular weight is 432 g/mol. The van der Waals surface area contributed by atoms with Crippen molar-refractivity contribution in [3.63, 3.8) is 0 Å². The zero-order chi connectivity index (χ0) is 15.8. The van der Waals surface area contributed by atoms with Crippen molar-refractivity contribution in [3.8, 4) is 5.75 Å². The molecule has 0 aliphatic carbocycles. The molecule has 0 saturated heterocycles. The molecule has 2 aromatic carbocycles. The van der Waals surface area contributed by atoms with Crippen LogP contribution in [0.3, 0.4) is 0 Å². The quantitative estimate of drug-likeness (QED) is 0.678. The second-order valence-electron chi connectivity index (χ2n) is 3.97. The van der Waals surface area contributed by atoms with Crippen LogP contribution in [-0.2, 0) is 10.0 Å². The molecule has 0 aromatic heterocycles. The Bertz CT molecular complexity index is 788. The molecule has 0 amide bonds. The fourth-order valence-corrected chi connectivity index (χ4v) is 4.73. The van der Waals surface area contributed by atoms with Gasteiger partial charge in [-0.05, 0) is 30.3 Å². The Morgan fingerprint density at radius 2 is 1.57 bits per heavy atom. The predicted molar refractivity (Wildman–Crippen MR) is 88.1 cm³/mol. The zero-order valence-electron chi connectivity index (χ0n) is 10.1. The topological polar surface area (TPSA) is 66.4 Å². The van der Waals surface area contributed by atoms with Crippen LogP contribution in [0.4, 0.5) is 5.69 Å². The molecule has 9 heteroatoms. The number of hydrogen-bond acceptors (Lipinski definition) is 3. The molecule has 2 aromatic rings. The van der Waals surface area contributed by atoms with Gasteiger partial charge in [-0.1, -0.05) is 50.7 Å². The summed E-state index contributed by atoms with van der Waals surface area (Å²) in [5.41, 5.74) is 0.174. The van der Waals surface area contributed by atoms with E-state index in [4.69, 9.17) is 34.8 Å². The lowest BCUT2D eigenvalue weighted by molar-refractivity contribution is 0.475. The van der Waals surface area contributed by atoms with Crippen molar-refractivity contribution in [1.29, 1.82) is 0 Å². The van der Waals surface area contributed by atoms with Crippen LogP contribution in [0.15, 0.2) is 39.7 Å². The summed E-state index contributed by atoms with van der Waals surface area (Å²) in [7, 11) is -4.00. The van der Waals surface area contributed by atoms with Crippen LogP contribution in [0, 0.1) is 0 Å². The third-order valence-electron chi connectivity index (χ3n) is 2.43. The first-order chi connectivity index (χ1) is 9.70. The number of phenolic OH excluding ortho intramolecular Hbond substituents is 1. The van der Waals surface area contributed by atoms with Crippen molar-refractivity contribution in [1.82, 2.24) is 0 Å². The van der Waals surface area contributed by atoms with Crippen molar-refractivity contribution in [2.75, 3.05) is 4.72 Å². The van der Waals surface area contributed by atoms with Crippen LogP contribution in [0.2, 0.25) is 15.1 Å². The summed E-state index contributed by atoms with van der Waals surface area (Å²) in [5.74, 6) is -0.153. The highest BCUT2D eigenvalue weighted by molar-refractivity contribution is 9.10. The number of phenols is 1. The first-order valence-corrected chi connectivity index (χ1v) is 8.77. The summed E-state index contributed by atoms with van der Waals surface area (Å²) in [6.45, 7) is 0. The number of halogens is 4. The van der Waals surface area contributed by atoms with Gasteiger partial charge in [-0.3, -0.25) is 4.72 Å². The van der Waals surface area contributed by atoms with E-state index in [1.165, 1.54) is 30.3 Å². The number of hydrogen-bond donors (Lipinski definition) is 2. The molecule has 0 fully saturated rings. The van der Waals surface area contributed by atoms with E-state index in [9.17, 15) is 13.5 Å². The molecule has 0 bridgehead atoms. The fourth-order valence-electron chi connectivity index (χ4n) is 1.56. The zero-order valence-corrected chi connectivity index (χ0v) is 14.7. The van der Waals surface area contributed by atoms with Crippen molar-refractivity contribution < 1.29 is 13.5 Å². The van der Waals surface area contributed by atoms with Crippen molar-refractivity contribution in [3.05, 3.63) is 49.9 Å². The molecule has 0 heterocycles. The molecule has 0 unspecified atom stereocenters. The SMILES string of the molecule is O=S(=O)(Nc1ccc(O)c(Cl)c1)c1c(Cl)cc(Br)cc1Cl. The highest BCUT2D eigenvalue weighted by atomic mass is 79.9. The second-order valence-corrected chi connectivity index (χ2v) is 7.73. The van der Waals surface area contributed by atoms with Crippen LogP contribution in [0.1, 0.15) is 0 Å². The molecule has 0 spiro atoms. The van der Waals surface area contributed by atoms with E-state index >= 15 is 0 Å². The van der Waals surface area contributed by atoms with Crippen LogP contribution in [-0.4, -0.2) is 13.5 Å². The van der Waals surface area contributed by atoms with Gasteiger partial charge in [-0.2, -0.15) is 0 Å². The van der Waals surface area contributed by atoms with E-state index < -0.39 is 10.0 Å². The molecule has 112 valence electrons. The summed E-state index contributed by atoms with van der Waals surface area (Å²) < 4.78 is 27.6. The first kappa shape index (κ1) is 16.7. The van der Waals surface area contributed by atoms with E-state index in [1.807, 2.05) is 0 Å². The number of aromatic hydroxyl groups is 1. The summed E-state index contributed by atoms with van der Waals surface area (Å²) in [6, 6.07) is 6.75. The summed E-state index contributed by atoms with van der Waals surface area (Å²) in [6.07, 6.45) is 0. The Balaban J connectivity index is 2.46. The standard InChI is InChI=1S/C12H7BrCl3NO3S/c13-6-3-9(15)12(10(16)4-6)21(19,20)17-7-1-2-11(18)8(14)5-7/h1-5,17-18H. The molecule has 4 nitrogen and oxygen atoms in total. The van der Waals surface area contributed by atoms with Gasteiger partial charge in [-0.25, -0.2) is 8.42 Å². The van der Waals surface area contributed by atoms with Gasteiger partial charge in [-0.15, -0.1) is 0 Å². The molecule has 0 aliphatic rings. The first-order valence-electron chi connectivity index (χ1n) is 5.36. The smallest absolute Gasteiger partial charge is 0.264 e. The molecule has 21 heavy (non-hydrogen) atoms. The van der Waals surface area contributed by atoms with E-state index in [1.54, 1.807) is 0 Å². The highest BCUT2D eigenvalue weighted by Gasteiger charge is 2.22. The number of benzene rings is 2. The predicted octanol–water partition coefficient (Wildman–Crippen LogP) is 4.92. The normalized spacial score (nSPS) is 11.4. The number of anilines is 1. The Hall–Kier alpha value is -0.660. The van der Waals surface area contributed by atoms with Crippen LogP contribution < -0.4 is 4.72 Å². The van der Waals surface area contributed by atoms with Crippen molar-refractivity contribution >= 4 is 66.4 Å². The Labute approximate surface area is 144 Å². The average Bonchev–Trinajstić information content (AvgIpc) is 2.31. The number of nitrogens with one attached hydrogen (secondary N) is 1. The summed E-state index contributed by atoms with van der Waals surface area (Å²) >= 11 is 20.8. The van der Waals surface area contributed by atoms with Gasteiger partial charge in [0, 0.05) is 4.47 Å². The van der Waals surface area contributed by atoms with Crippen molar-refractivity contribution in [2.45, 2.75) is 4.90 Å². The maximum Gasteiger partial charge on any atom is 0.264 e. The third-order valence-corrected chi connectivity index (χ3v) is 5.49. The molecule has 0 radical (unpaired) electrons. The second kappa shape index (κ2) is 6.22. The van der Waals surface area contributed by atoms with E-state index in [-0.39, 0.29) is 31.4 Å². The maximum atomic E-state index is 12.3. The minimum Gasteiger partial charge on any atom is -0.506 e. The van der Waals surface area contributed by atoms with Gasteiger partial charge in [0.2, 0.25) is 0 Å².